The molecule has 3 rings (SSSR count). The molecule has 22 heavy (non-hydrogen) atoms. The first-order chi connectivity index (χ1) is 10.1. The number of halogens is 1. The average Bonchev–Trinajstić information content (AvgIpc) is 2.81. The van der Waals surface area contributed by atoms with Gasteiger partial charge in [0.1, 0.15) is 6.04 Å². The Labute approximate surface area is 133 Å². The van der Waals surface area contributed by atoms with Gasteiger partial charge >= 0.3 is 5.69 Å². The van der Waals surface area contributed by atoms with Crippen molar-refractivity contribution in [3.63, 3.8) is 0 Å². The first-order valence-corrected chi connectivity index (χ1v) is 6.80. The van der Waals surface area contributed by atoms with Gasteiger partial charge < -0.3 is 10.6 Å². The molecule has 2 heterocycles. The normalized spacial score (nSPS) is 14.9. The van der Waals surface area contributed by atoms with E-state index in [4.69, 9.17) is 5.73 Å². The molecule has 118 valence electrons. The molecule has 0 radical (unpaired) electrons. The molecule has 0 bridgehead atoms. The van der Waals surface area contributed by atoms with E-state index in [-0.39, 0.29) is 24.0 Å². The van der Waals surface area contributed by atoms with Crippen LogP contribution in [0, 0.1) is 0 Å². The average molecular weight is 324 g/mol. The zero-order valence-electron chi connectivity index (χ0n) is 12.2. The number of benzene rings is 1. The molecular weight excluding hydrogens is 306 g/mol. The molecule has 0 saturated heterocycles. The van der Waals surface area contributed by atoms with Gasteiger partial charge in [0, 0.05) is 20.1 Å². The zero-order valence-corrected chi connectivity index (χ0v) is 13.0. The molecule has 2 N–H and O–H groups in total. The summed E-state index contributed by atoms with van der Waals surface area (Å²) in [5, 5.41) is 4.15. The minimum Gasteiger partial charge on any atom is -0.332 e. The van der Waals surface area contributed by atoms with Gasteiger partial charge in [-0.2, -0.15) is 5.10 Å². The maximum absolute atomic E-state index is 12.5. The second-order valence-electron chi connectivity index (χ2n) is 5.12. The molecule has 1 aromatic carbocycles. The van der Waals surface area contributed by atoms with Crippen LogP contribution in [-0.4, -0.2) is 31.7 Å². The molecule has 1 amide bonds. The van der Waals surface area contributed by atoms with Crippen LogP contribution in [0.1, 0.15) is 17.4 Å². The van der Waals surface area contributed by atoms with E-state index < -0.39 is 6.04 Å². The predicted molar refractivity (Wildman–Crippen MR) is 83.5 cm³/mol. The molecule has 0 spiro atoms. The lowest BCUT2D eigenvalue weighted by Crippen LogP contribution is -2.44. The second kappa shape index (κ2) is 6.33. The monoisotopic (exact) mass is 323 g/mol. The minimum absolute atomic E-state index is 0. The van der Waals surface area contributed by atoms with Crippen LogP contribution < -0.4 is 11.4 Å². The van der Waals surface area contributed by atoms with Crippen LogP contribution in [0.15, 0.2) is 35.1 Å². The number of aryl methyl sites for hydroxylation is 1. The molecule has 1 unspecified atom stereocenters. The van der Waals surface area contributed by atoms with Crippen molar-refractivity contribution in [3.05, 3.63) is 52.2 Å². The van der Waals surface area contributed by atoms with E-state index in [9.17, 15) is 9.59 Å². The zero-order chi connectivity index (χ0) is 15.0. The number of nitrogens with two attached hydrogens (primary N) is 1. The predicted octanol–water partition coefficient (Wildman–Crippen LogP) is 0.0458. The SMILES string of the molecule is Cl.Cn1nc2n(c1=O)CCN(C(=O)C(N)c1ccccc1)C2. The first kappa shape index (κ1) is 16.3. The molecule has 1 aliphatic rings. The molecule has 2 aromatic rings. The lowest BCUT2D eigenvalue weighted by molar-refractivity contribution is -0.134. The van der Waals surface area contributed by atoms with Gasteiger partial charge in [0.25, 0.3) is 0 Å². The molecule has 0 fully saturated rings. The summed E-state index contributed by atoms with van der Waals surface area (Å²) in [6.07, 6.45) is 0. The lowest BCUT2D eigenvalue weighted by Gasteiger charge is -2.29. The highest BCUT2D eigenvalue weighted by Gasteiger charge is 2.28. The van der Waals surface area contributed by atoms with E-state index in [0.29, 0.717) is 25.5 Å². The van der Waals surface area contributed by atoms with Crippen LogP contribution in [0.3, 0.4) is 0 Å². The number of carbonyl (C=O) groups excluding carboxylic acids is 1. The Bertz CT molecular complexity index is 725. The van der Waals surface area contributed by atoms with Gasteiger partial charge in [-0.05, 0) is 5.56 Å². The maximum atomic E-state index is 12.5. The summed E-state index contributed by atoms with van der Waals surface area (Å²) in [5.41, 5.74) is 6.67. The van der Waals surface area contributed by atoms with E-state index >= 15 is 0 Å². The third kappa shape index (κ3) is 2.77. The third-order valence-corrected chi connectivity index (χ3v) is 3.75. The van der Waals surface area contributed by atoms with Crippen molar-refractivity contribution in [2.24, 2.45) is 12.8 Å². The number of hydrogen-bond acceptors (Lipinski definition) is 4. The van der Waals surface area contributed by atoms with Crippen LogP contribution in [0.25, 0.3) is 0 Å². The molecule has 0 aliphatic carbocycles. The summed E-state index contributed by atoms with van der Waals surface area (Å²) < 4.78 is 2.89. The van der Waals surface area contributed by atoms with Crippen molar-refractivity contribution < 1.29 is 4.79 Å². The molecule has 8 heteroatoms. The number of carbonyl (C=O) groups is 1. The van der Waals surface area contributed by atoms with Crippen molar-refractivity contribution in [1.82, 2.24) is 19.2 Å². The molecular formula is C14H18ClN5O2. The highest BCUT2D eigenvalue weighted by Crippen LogP contribution is 2.16. The Morgan fingerprint density at radius 3 is 2.64 bits per heavy atom. The van der Waals surface area contributed by atoms with Gasteiger partial charge in [-0.1, -0.05) is 30.3 Å². The van der Waals surface area contributed by atoms with E-state index in [2.05, 4.69) is 5.10 Å². The number of rotatable bonds is 2. The van der Waals surface area contributed by atoms with Crippen LogP contribution in [0.2, 0.25) is 0 Å². The van der Waals surface area contributed by atoms with E-state index in [1.807, 2.05) is 30.3 Å². The lowest BCUT2D eigenvalue weighted by atomic mass is 10.1. The smallest absolute Gasteiger partial charge is 0.332 e. The van der Waals surface area contributed by atoms with Gasteiger partial charge in [-0.3, -0.25) is 9.36 Å². The molecule has 7 nitrogen and oxygen atoms in total. The van der Waals surface area contributed by atoms with Crippen molar-refractivity contribution in [3.8, 4) is 0 Å². The van der Waals surface area contributed by atoms with E-state index in [1.165, 1.54) is 4.68 Å². The van der Waals surface area contributed by atoms with E-state index in [1.54, 1.807) is 16.5 Å². The molecule has 1 atom stereocenters. The second-order valence-corrected chi connectivity index (χ2v) is 5.12. The summed E-state index contributed by atoms with van der Waals surface area (Å²) in [6, 6.07) is 8.58. The van der Waals surface area contributed by atoms with E-state index in [0.717, 1.165) is 5.56 Å². The van der Waals surface area contributed by atoms with Crippen molar-refractivity contribution in [2.45, 2.75) is 19.1 Å². The number of amides is 1. The minimum atomic E-state index is -0.687. The van der Waals surface area contributed by atoms with Gasteiger partial charge in [0.05, 0.1) is 6.54 Å². The Hall–Kier alpha value is -2.12. The summed E-state index contributed by atoms with van der Waals surface area (Å²) in [7, 11) is 1.61. The Morgan fingerprint density at radius 1 is 1.27 bits per heavy atom. The largest absolute Gasteiger partial charge is 0.345 e. The number of hydrogen-bond donors (Lipinski definition) is 1. The molecule has 1 aliphatic heterocycles. The number of aromatic nitrogens is 3. The fraction of sp³-hybridized carbons (Fsp3) is 0.357. The van der Waals surface area contributed by atoms with Crippen LogP contribution >= 0.6 is 12.4 Å². The summed E-state index contributed by atoms with van der Waals surface area (Å²) >= 11 is 0. The Morgan fingerprint density at radius 2 is 1.95 bits per heavy atom. The standard InChI is InChI=1S/C14H17N5O2.ClH/c1-17-14(21)19-8-7-18(9-11(19)16-17)13(20)12(15)10-5-3-2-4-6-10;/h2-6,12H,7-9,15H2,1H3;1H. The third-order valence-electron chi connectivity index (χ3n) is 3.75. The fourth-order valence-corrected chi connectivity index (χ4v) is 2.55. The number of nitrogens with zero attached hydrogens (tertiary/aromatic N) is 4. The van der Waals surface area contributed by atoms with Crippen LogP contribution in [0.5, 0.6) is 0 Å². The van der Waals surface area contributed by atoms with Gasteiger partial charge in [0.2, 0.25) is 5.91 Å². The Kier molecular flexibility index (Phi) is 4.68. The van der Waals surface area contributed by atoms with Crippen LogP contribution in [0.4, 0.5) is 0 Å². The van der Waals surface area contributed by atoms with Crippen molar-refractivity contribution in [1.29, 1.82) is 0 Å². The summed E-state index contributed by atoms with van der Waals surface area (Å²) in [5.74, 6) is 0.452. The first-order valence-electron chi connectivity index (χ1n) is 6.80. The summed E-state index contributed by atoms with van der Waals surface area (Å²) in [4.78, 5) is 25.9. The quantitative estimate of drug-likeness (QED) is 0.846. The van der Waals surface area contributed by atoms with Gasteiger partial charge in [0.15, 0.2) is 5.82 Å². The van der Waals surface area contributed by atoms with Crippen molar-refractivity contribution >= 4 is 18.3 Å². The van der Waals surface area contributed by atoms with Crippen LogP contribution in [-0.2, 0) is 24.9 Å². The molecule has 1 aromatic heterocycles. The number of fused-ring (bicyclic) bond motifs is 1. The molecule has 0 saturated carbocycles. The Balaban J connectivity index is 0.00000176. The van der Waals surface area contributed by atoms with Gasteiger partial charge in [-0.15, -0.1) is 12.4 Å². The fourth-order valence-electron chi connectivity index (χ4n) is 2.55. The highest BCUT2D eigenvalue weighted by atomic mass is 35.5. The maximum Gasteiger partial charge on any atom is 0.345 e. The van der Waals surface area contributed by atoms with Gasteiger partial charge in [-0.25, -0.2) is 9.48 Å². The highest BCUT2D eigenvalue weighted by molar-refractivity contribution is 5.85. The van der Waals surface area contributed by atoms with Crippen molar-refractivity contribution in [2.75, 3.05) is 6.54 Å². The topological polar surface area (TPSA) is 86.2 Å². The summed E-state index contributed by atoms with van der Waals surface area (Å²) in [6.45, 7) is 1.24.